The lowest BCUT2D eigenvalue weighted by molar-refractivity contribution is 0.174. The molecule has 0 spiro atoms. The Bertz CT molecular complexity index is 614. The van der Waals surface area contributed by atoms with Crippen LogP contribution < -0.4 is 14.8 Å². The molecule has 0 bridgehead atoms. The molecule has 2 aromatic rings. The number of hydrogen-bond donors (Lipinski definition) is 1. The van der Waals surface area contributed by atoms with Gasteiger partial charge in [-0.1, -0.05) is 30.3 Å². The summed E-state index contributed by atoms with van der Waals surface area (Å²) in [6.45, 7) is 1.21. The Labute approximate surface area is 118 Å². The molecule has 1 aliphatic carbocycles. The molecule has 0 fully saturated rings. The zero-order chi connectivity index (χ0) is 13.4. The normalized spacial score (nSPS) is 16.4. The Kier molecular flexibility index (Phi) is 2.85. The summed E-state index contributed by atoms with van der Waals surface area (Å²) in [7, 11) is 0. The Morgan fingerprint density at radius 3 is 2.50 bits per heavy atom. The number of ether oxygens (including phenoxy) is 2. The zero-order valence-electron chi connectivity index (χ0n) is 11.3. The third kappa shape index (κ3) is 2.14. The first-order valence-corrected chi connectivity index (χ1v) is 7.07. The predicted octanol–water partition coefficient (Wildman–Crippen LogP) is 2.67. The molecule has 0 saturated carbocycles. The standard InChI is InChI=1S/C17H17NO2/c1-2-4-14-9-15(8-13(14)3-1)18-10-12-5-6-16-17(7-12)20-11-19-16/h1-7,15,18H,8-11H2. The second-order valence-corrected chi connectivity index (χ2v) is 5.44. The predicted molar refractivity (Wildman–Crippen MR) is 77.0 cm³/mol. The molecule has 3 heteroatoms. The number of hydrogen-bond acceptors (Lipinski definition) is 3. The van der Waals surface area contributed by atoms with Crippen molar-refractivity contribution in [3.8, 4) is 11.5 Å². The minimum Gasteiger partial charge on any atom is -0.454 e. The van der Waals surface area contributed by atoms with Gasteiger partial charge in [-0.05, 0) is 41.7 Å². The topological polar surface area (TPSA) is 30.5 Å². The van der Waals surface area contributed by atoms with E-state index in [-0.39, 0.29) is 0 Å². The summed E-state index contributed by atoms with van der Waals surface area (Å²) in [4.78, 5) is 0. The second-order valence-electron chi connectivity index (χ2n) is 5.44. The fourth-order valence-electron chi connectivity index (χ4n) is 3.02. The molecule has 0 saturated heterocycles. The minimum absolute atomic E-state index is 0.337. The summed E-state index contributed by atoms with van der Waals surface area (Å²) in [5, 5.41) is 3.64. The highest BCUT2D eigenvalue weighted by Crippen LogP contribution is 2.32. The highest BCUT2D eigenvalue weighted by molar-refractivity contribution is 5.44. The molecular formula is C17H17NO2. The fourth-order valence-corrected chi connectivity index (χ4v) is 3.02. The number of benzene rings is 2. The number of nitrogens with one attached hydrogen (secondary N) is 1. The van der Waals surface area contributed by atoms with Gasteiger partial charge in [-0.3, -0.25) is 0 Å². The quantitative estimate of drug-likeness (QED) is 0.927. The Morgan fingerprint density at radius 2 is 1.70 bits per heavy atom. The van der Waals surface area contributed by atoms with Gasteiger partial charge in [-0.25, -0.2) is 0 Å². The molecule has 102 valence electrons. The van der Waals surface area contributed by atoms with Gasteiger partial charge in [0.05, 0.1) is 0 Å². The molecule has 2 aromatic carbocycles. The molecule has 0 radical (unpaired) electrons. The summed E-state index contributed by atoms with van der Waals surface area (Å²) in [6.07, 6.45) is 2.25. The van der Waals surface area contributed by atoms with Crippen LogP contribution in [0.5, 0.6) is 11.5 Å². The van der Waals surface area contributed by atoms with Crippen molar-refractivity contribution in [3.63, 3.8) is 0 Å². The Balaban J connectivity index is 1.40. The molecule has 1 heterocycles. The summed E-state index contributed by atoms with van der Waals surface area (Å²) >= 11 is 0. The molecule has 0 unspecified atom stereocenters. The monoisotopic (exact) mass is 267 g/mol. The van der Waals surface area contributed by atoms with Crippen molar-refractivity contribution in [2.75, 3.05) is 6.79 Å². The van der Waals surface area contributed by atoms with Crippen LogP contribution in [-0.2, 0) is 19.4 Å². The lowest BCUT2D eigenvalue weighted by atomic mass is 10.1. The van der Waals surface area contributed by atoms with E-state index in [1.807, 2.05) is 6.07 Å². The highest BCUT2D eigenvalue weighted by atomic mass is 16.7. The second kappa shape index (κ2) is 4.84. The lowest BCUT2D eigenvalue weighted by Crippen LogP contribution is -2.28. The van der Waals surface area contributed by atoms with Gasteiger partial charge >= 0.3 is 0 Å². The third-order valence-corrected chi connectivity index (χ3v) is 4.08. The number of fused-ring (bicyclic) bond motifs is 2. The van der Waals surface area contributed by atoms with Gasteiger partial charge in [-0.15, -0.1) is 0 Å². The van der Waals surface area contributed by atoms with Crippen molar-refractivity contribution < 1.29 is 9.47 Å². The van der Waals surface area contributed by atoms with Gasteiger partial charge in [0.1, 0.15) is 0 Å². The third-order valence-electron chi connectivity index (χ3n) is 4.08. The van der Waals surface area contributed by atoms with Crippen molar-refractivity contribution in [2.24, 2.45) is 0 Å². The molecular weight excluding hydrogens is 250 g/mol. The first kappa shape index (κ1) is 11.8. The molecule has 0 amide bonds. The van der Waals surface area contributed by atoms with Gasteiger partial charge in [0.25, 0.3) is 0 Å². The zero-order valence-corrected chi connectivity index (χ0v) is 11.3. The molecule has 3 nitrogen and oxygen atoms in total. The van der Waals surface area contributed by atoms with Crippen LogP contribution in [0.1, 0.15) is 16.7 Å². The van der Waals surface area contributed by atoms with Crippen molar-refractivity contribution in [2.45, 2.75) is 25.4 Å². The minimum atomic E-state index is 0.337. The van der Waals surface area contributed by atoms with E-state index in [0.29, 0.717) is 12.8 Å². The first-order chi connectivity index (χ1) is 9.88. The van der Waals surface area contributed by atoms with E-state index in [1.54, 1.807) is 0 Å². The van der Waals surface area contributed by atoms with Crippen LogP contribution in [0.2, 0.25) is 0 Å². The van der Waals surface area contributed by atoms with Crippen molar-refractivity contribution in [3.05, 3.63) is 59.2 Å². The average molecular weight is 267 g/mol. The van der Waals surface area contributed by atoms with E-state index >= 15 is 0 Å². The Hall–Kier alpha value is -2.00. The van der Waals surface area contributed by atoms with E-state index in [4.69, 9.17) is 9.47 Å². The van der Waals surface area contributed by atoms with Crippen LogP contribution in [-0.4, -0.2) is 12.8 Å². The summed E-state index contributed by atoms with van der Waals surface area (Å²) < 4.78 is 10.7. The summed E-state index contributed by atoms with van der Waals surface area (Å²) in [5.41, 5.74) is 4.21. The van der Waals surface area contributed by atoms with Gasteiger partial charge in [0.15, 0.2) is 11.5 Å². The maximum Gasteiger partial charge on any atom is 0.231 e. The average Bonchev–Trinajstić information content (AvgIpc) is 3.10. The first-order valence-electron chi connectivity index (χ1n) is 7.07. The smallest absolute Gasteiger partial charge is 0.231 e. The SMILES string of the molecule is c1ccc2c(c1)CC(NCc1ccc3c(c1)OCO3)C2. The van der Waals surface area contributed by atoms with Gasteiger partial charge < -0.3 is 14.8 Å². The van der Waals surface area contributed by atoms with E-state index < -0.39 is 0 Å². The van der Waals surface area contributed by atoms with Crippen LogP contribution in [0, 0.1) is 0 Å². The molecule has 1 aliphatic heterocycles. The van der Waals surface area contributed by atoms with Crippen LogP contribution in [0.25, 0.3) is 0 Å². The summed E-state index contributed by atoms with van der Waals surface area (Å²) in [5.74, 6) is 1.71. The van der Waals surface area contributed by atoms with Gasteiger partial charge in [0, 0.05) is 12.6 Å². The molecule has 1 N–H and O–H groups in total. The van der Waals surface area contributed by atoms with Crippen LogP contribution in [0.4, 0.5) is 0 Å². The van der Waals surface area contributed by atoms with E-state index in [0.717, 1.165) is 30.9 Å². The van der Waals surface area contributed by atoms with Crippen molar-refractivity contribution in [1.82, 2.24) is 5.32 Å². The molecule has 0 atom stereocenters. The highest BCUT2D eigenvalue weighted by Gasteiger charge is 2.20. The van der Waals surface area contributed by atoms with Crippen LogP contribution >= 0.6 is 0 Å². The molecule has 4 rings (SSSR count). The van der Waals surface area contributed by atoms with Crippen LogP contribution in [0.15, 0.2) is 42.5 Å². The van der Waals surface area contributed by atoms with E-state index in [1.165, 1.54) is 16.7 Å². The van der Waals surface area contributed by atoms with Gasteiger partial charge in [-0.2, -0.15) is 0 Å². The molecule has 0 aromatic heterocycles. The fraction of sp³-hybridized carbons (Fsp3) is 0.294. The maximum atomic E-state index is 5.41. The summed E-state index contributed by atoms with van der Waals surface area (Å²) in [6, 6.07) is 15.4. The number of rotatable bonds is 3. The van der Waals surface area contributed by atoms with Crippen molar-refractivity contribution >= 4 is 0 Å². The van der Waals surface area contributed by atoms with E-state index in [2.05, 4.69) is 41.7 Å². The van der Waals surface area contributed by atoms with Gasteiger partial charge in [0.2, 0.25) is 6.79 Å². The largest absolute Gasteiger partial charge is 0.454 e. The Morgan fingerprint density at radius 1 is 0.950 bits per heavy atom. The lowest BCUT2D eigenvalue weighted by Gasteiger charge is -2.12. The van der Waals surface area contributed by atoms with Crippen molar-refractivity contribution in [1.29, 1.82) is 0 Å². The van der Waals surface area contributed by atoms with Crippen LogP contribution in [0.3, 0.4) is 0 Å². The van der Waals surface area contributed by atoms with E-state index in [9.17, 15) is 0 Å². The molecule has 2 aliphatic rings. The maximum absolute atomic E-state index is 5.41. The molecule has 20 heavy (non-hydrogen) atoms.